The fourth-order valence-electron chi connectivity index (χ4n) is 4.33. The quantitative estimate of drug-likeness (QED) is 0.168. The Hall–Kier alpha value is -3.20. The Labute approximate surface area is 265 Å². The summed E-state index contributed by atoms with van der Waals surface area (Å²) in [5.74, 6) is 0.883. The van der Waals surface area contributed by atoms with Crippen LogP contribution in [0.5, 0.6) is 11.5 Å². The summed E-state index contributed by atoms with van der Waals surface area (Å²) in [7, 11) is 1.55. The molecule has 14 heteroatoms. The lowest BCUT2D eigenvalue weighted by Crippen LogP contribution is -2.40. The van der Waals surface area contributed by atoms with Gasteiger partial charge in [-0.1, -0.05) is 27.3 Å². The van der Waals surface area contributed by atoms with Crippen LogP contribution in [0.3, 0.4) is 0 Å². The lowest BCUT2D eigenvalue weighted by molar-refractivity contribution is -0.139. The van der Waals surface area contributed by atoms with Gasteiger partial charge in [0.25, 0.3) is 5.56 Å². The Morgan fingerprint density at radius 3 is 2.60 bits per heavy atom. The molecule has 0 amide bonds. The number of aromatic nitrogens is 3. The molecule has 10 nitrogen and oxygen atoms in total. The second-order valence-electron chi connectivity index (χ2n) is 8.68. The lowest BCUT2D eigenvalue weighted by Gasteiger charge is -2.26. The number of hydrogen-bond acceptors (Lipinski definition) is 11. The van der Waals surface area contributed by atoms with Gasteiger partial charge in [0.1, 0.15) is 5.76 Å². The second kappa shape index (κ2) is 13.0. The number of benzene rings is 1. The van der Waals surface area contributed by atoms with E-state index in [2.05, 4.69) is 46.8 Å². The van der Waals surface area contributed by atoms with E-state index in [0.29, 0.717) is 63.7 Å². The summed E-state index contributed by atoms with van der Waals surface area (Å²) in [5.41, 5.74) is 0.985. The molecule has 1 atom stereocenters. The molecule has 1 aromatic carbocycles. The van der Waals surface area contributed by atoms with Crippen LogP contribution in [-0.4, -0.2) is 40.8 Å². The fraction of sp³-hybridized carbons (Fsp3) is 0.250. The average molecular weight is 736 g/mol. The standard InChI is InChI=1S/C28H24Br2N4O6S2/c1-5-38-20-12-16(17(29)13-19(20)37-4)23-22(25(36)39-6-2)14(3)33-28-34(23)24(35)21(41-28)11-15-10-18(30)26(40-15)42-27-31-8-7-9-32-27/h7-13,23H,5-6H2,1-4H3/b21-11+/t23-/m1/s1. The van der Waals surface area contributed by atoms with E-state index in [0.717, 1.165) is 0 Å². The molecule has 42 heavy (non-hydrogen) atoms. The zero-order valence-corrected chi connectivity index (χ0v) is 27.6. The van der Waals surface area contributed by atoms with Gasteiger partial charge in [0, 0.05) is 22.9 Å². The molecule has 1 aliphatic rings. The van der Waals surface area contributed by atoms with Crippen LogP contribution >= 0.6 is 55.0 Å². The van der Waals surface area contributed by atoms with Crippen molar-refractivity contribution >= 4 is 67.0 Å². The van der Waals surface area contributed by atoms with Gasteiger partial charge in [0.15, 0.2) is 26.5 Å². The van der Waals surface area contributed by atoms with Gasteiger partial charge in [-0.2, -0.15) is 0 Å². The maximum absolute atomic E-state index is 14.0. The first-order valence-corrected chi connectivity index (χ1v) is 15.9. The number of fused-ring (bicyclic) bond motifs is 1. The number of allylic oxidation sites excluding steroid dienone is 1. The lowest BCUT2D eigenvalue weighted by atomic mass is 9.95. The number of ether oxygens (including phenoxy) is 3. The Balaban J connectivity index is 1.66. The summed E-state index contributed by atoms with van der Waals surface area (Å²) >= 11 is 9.59. The number of furan rings is 1. The fourth-order valence-corrected chi connectivity index (χ4v) is 7.14. The van der Waals surface area contributed by atoms with Crippen molar-refractivity contribution in [3.63, 3.8) is 0 Å². The first-order valence-electron chi connectivity index (χ1n) is 12.7. The van der Waals surface area contributed by atoms with E-state index >= 15 is 0 Å². The molecule has 0 fully saturated rings. The van der Waals surface area contributed by atoms with Gasteiger partial charge in [0.05, 0.1) is 46.6 Å². The van der Waals surface area contributed by atoms with Crippen molar-refractivity contribution < 1.29 is 23.4 Å². The number of halogens is 2. The first kappa shape index (κ1) is 30.3. The third kappa shape index (κ3) is 5.98. The molecule has 0 spiro atoms. The molecule has 3 aromatic heterocycles. The highest BCUT2D eigenvalue weighted by Crippen LogP contribution is 2.41. The SMILES string of the molecule is CCOC(=O)C1=C(C)N=c2s/c(=C/c3cc(Br)c(Sc4ncccn4)o3)c(=O)n2[C@@H]1c1cc(OCC)c(OC)cc1Br. The third-order valence-corrected chi connectivity index (χ3v) is 9.47. The minimum Gasteiger partial charge on any atom is -0.493 e. The van der Waals surface area contributed by atoms with E-state index in [9.17, 15) is 9.59 Å². The smallest absolute Gasteiger partial charge is 0.338 e. The predicted octanol–water partition coefficient (Wildman–Crippen LogP) is 5.26. The molecule has 5 rings (SSSR count). The van der Waals surface area contributed by atoms with E-state index in [4.69, 9.17) is 18.6 Å². The maximum atomic E-state index is 14.0. The van der Waals surface area contributed by atoms with Crippen molar-refractivity contribution in [3.8, 4) is 11.5 Å². The first-order chi connectivity index (χ1) is 20.2. The van der Waals surface area contributed by atoms with Crippen LogP contribution in [0.2, 0.25) is 0 Å². The molecule has 0 radical (unpaired) electrons. The van der Waals surface area contributed by atoms with E-state index in [1.807, 2.05) is 6.92 Å². The Bertz CT molecular complexity index is 1870. The number of nitrogens with zero attached hydrogens (tertiary/aromatic N) is 4. The number of carbonyl (C=O) groups is 1. The molecule has 0 saturated heterocycles. The van der Waals surface area contributed by atoms with Crippen LogP contribution in [0.4, 0.5) is 0 Å². The monoisotopic (exact) mass is 734 g/mol. The maximum Gasteiger partial charge on any atom is 0.338 e. The second-order valence-corrected chi connectivity index (χ2v) is 12.3. The van der Waals surface area contributed by atoms with Crippen LogP contribution in [-0.2, 0) is 9.53 Å². The third-order valence-electron chi connectivity index (χ3n) is 6.07. The van der Waals surface area contributed by atoms with Gasteiger partial charge in [-0.05, 0) is 78.3 Å². The molecule has 218 valence electrons. The largest absolute Gasteiger partial charge is 0.493 e. The summed E-state index contributed by atoms with van der Waals surface area (Å²) in [6.07, 6.45) is 4.95. The molecule has 4 heterocycles. The van der Waals surface area contributed by atoms with Gasteiger partial charge in [0.2, 0.25) is 0 Å². The van der Waals surface area contributed by atoms with Gasteiger partial charge < -0.3 is 18.6 Å². The molecule has 1 aliphatic heterocycles. The van der Waals surface area contributed by atoms with E-state index < -0.39 is 12.0 Å². The number of carbonyl (C=O) groups excluding carboxylic acids is 1. The molecule has 0 N–H and O–H groups in total. The molecule has 0 aliphatic carbocycles. The minimum atomic E-state index is -0.841. The topological polar surface area (TPSA) is 118 Å². The zero-order valence-electron chi connectivity index (χ0n) is 22.8. The molecule has 0 unspecified atom stereocenters. The van der Waals surface area contributed by atoms with Crippen molar-refractivity contribution in [2.24, 2.45) is 4.99 Å². The van der Waals surface area contributed by atoms with Crippen LogP contribution in [0, 0.1) is 0 Å². The van der Waals surface area contributed by atoms with Crippen molar-refractivity contribution in [2.45, 2.75) is 37.1 Å². The van der Waals surface area contributed by atoms with Crippen LogP contribution in [0.1, 0.15) is 38.1 Å². The van der Waals surface area contributed by atoms with Gasteiger partial charge in [-0.3, -0.25) is 9.36 Å². The van der Waals surface area contributed by atoms with Crippen molar-refractivity contribution in [3.05, 3.63) is 87.9 Å². The van der Waals surface area contributed by atoms with E-state index in [1.54, 1.807) is 63.7 Å². The number of hydrogen-bond donors (Lipinski definition) is 0. The summed E-state index contributed by atoms with van der Waals surface area (Å²) in [4.78, 5) is 40.8. The summed E-state index contributed by atoms with van der Waals surface area (Å²) < 4.78 is 25.9. The van der Waals surface area contributed by atoms with Crippen LogP contribution in [0.25, 0.3) is 6.08 Å². The van der Waals surface area contributed by atoms with Crippen molar-refractivity contribution in [1.82, 2.24) is 14.5 Å². The minimum absolute atomic E-state index is 0.169. The Morgan fingerprint density at radius 1 is 1.14 bits per heavy atom. The number of methoxy groups -OCH3 is 1. The predicted molar refractivity (Wildman–Crippen MR) is 165 cm³/mol. The number of esters is 1. The summed E-state index contributed by atoms with van der Waals surface area (Å²) in [6, 6.07) is 6.18. The van der Waals surface area contributed by atoms with Gasteiger partial charge >= 0.3 is 5.97 Å². The van der Waals surface area contributed by atoms with E-state index in [-0.39, 0.29) is 17.7 Å². The van der Waals surface area contributed by atoms with Gasteiger partial charge in [-0.25, -0.2) is 19.8 Å². The highest BCUT2D eigenvalue weighted by atomic mass is 79.9. The summed E-state index contributed by atoms with van der Waals surface area (Å²) in [5, 5.41) is 1.07. The number of rotatable bonds is 9. The highest BCUT2D eigenvalue weighted by molar-refractivity contribution is 9.10. The highest BCUT2D eigenvalue weighted by Gasteiger charge is 2.35. The van der Waals surface area contributed by atoms with Crippen LogP contribution in [0.15, 0.2) is 81.3 Å². The molecular formula is C28H24Br2N4O6S2. The van der Waals surface area contributed by atoms with Crippen molar-refractivity contribution in [2.75, 3.05) is 20.3 Å². The number of thiazole rings is 1. The molecule has 0 saturated carbocycles. The van der Waals surface area contributed by atoms with E-state index in [1.165, 1.54) is 27.7 Å². The van der Waals surface area contributed by atoms with Gasteiger partial charge in [-0.15, -0.1) is 0 Å². The molecular weight excluding hydrogens is 712 g/mol. The normalized spacial score (nSPS) is 14.9. The summed E-state index contributed by atoms with van der Waals surface area (Å²) in [6.45, 7) is 5.89. The Kier molecular flexibility index (Phi) is 9.35. The average Bonchev–Trinajstić information content (AvgIpc) is 3.46. The molecule has 4 aromatic rings. The molecule has 0 bridgehead atoms. The van der Waals surface area contributed by atoms with Crippen molar-refractivity contribution in [1.29, 1.82) is 0 Å². The van der Waals surface area contributed by atoms with Crippen LogP contribution < -0.4 is 24.4 Å². The Morgan fingerprint density at radius 2 is 1.90 bits per heavy atom. The zero-order chi connectivity index (χ0) is 30.0.